The molecule has 0 bridgehead atoms. The van der Waals surface area contributed by atoms with Gasteiger partial charge < -0.3 is 0 Å². The third-order valence-electron chi connectivity index (χ3n) is 3.00. The summed E-state index contributed by atoms with van der Waals surface area (Å²) in [7, 11) is 0. The first-order valence-corrected chi connectivity index (χ1v) is 8.32. The van der Waals surface area contributed by atoms with Crippen molar-refractivity contribution in [3.63, 3.8) is 0 Å². The summed E-state index contributed by atoms with van der Waals surface area (Å²) in [6.45, 7) is 0. The Kier molecular flexibility index (Phi) is 4.54. The third-order valence-corrected chi connectivity index (χ3v) is 4.74. The van der Waals surface area contributed by atoms with Gasteiger partial charge in [0.05, 0.1) is 10.6 Å². The Morgan fingerprint density at radius 3 is 2.32 bits per heavy atom. The highest BCUT2D eigenvalue weighted by atomic mass is 35.5. The number of hydrogen-bond donors (Lipinski definition) is 0. The zero-order valence-electron chi connectivity index (χ0n) is 11.1. The Bertz CT molecular complexity index is 770. The van der Waals surface area contributed by atoms with Crippen LogP contribution in [0, 0.1) is 0 Å². The molecule has 110 valence electrons. The molecular weight excluding hydrogens is 357 g/mol. The smallest absolute Gasteiger partial charge is 0.268 e. The van der Waals surface area contributed by atoms with Crippen molar-refractivity contribution in [1.82, 2.24) is 0 Å². The number of thioether (sulfide) groups is 1. The molecule has 2 aromatic carbocycles. The van der Waals surface area contributed by atoms with Crippen LogP contribution >= 0.6 is 47.2 Å². The van der Waals surface area contributed by atoms with E-state index in [0.29, 0.717) is 25.0 Å². The zero-order valence-corrected chi connectivity index (χ0v) is 14.3. The number of halogens is 2. The Balaban J connectivity index is 1.97. The Morgan fingerprint density at radius 2 is 1.68 bits per heavy atom. The van der Waals surface area contributed by atoms with E-state index < -0.39 is 0 Å². The Hall–Kier alpha value is -1.33. The monoisotopic (exact) mass is 365 g/mol. The summed E-state index contributed by atoms with van der Waals surface area (Å²) in [5, 5.41) is 0.923. The number of hydrogen-bond acceptors (Lipinski definition) is 3. The van der Waals surface area contributed by atoms with Crippen LogP contribution in [0.15, 0.2) is 53.4 Å². The quantitative estimate of drug-likeness (QED) is 0.524. The Labute approximate surface area is 147 Å². The van der Waals surface area contributed by atoms with Crippen LogP contribution in [-0.2, 0) is 4.79 Å². The molecule has 0 aromatic heterocycles. The molecule has 2 nitrogen and oxygen atoms in total. The predicted octanol–water partition coefficient (Wildman–Crippen LogP) is 5.40. The minimum Gasteiger partial charge on any atom is -0.268 e. The summed E-state index contributed by atoms with van der Waals surface area (Å²) in [5.74, 6) is -0.169. The van der Waals surface area contributed by atoms with E-state index in [4.69, 9.17) is 35.4 Å². The number of benzene rings is 2. The second-order valence-corrected chi connectivity index (χ2v) is 7.10. The van der Waals surface area contributed by atoms with E-state index in [9.17, 15) is 4.79 Å². The lowest BCUT2D eigenvalue weighted by molar-refractivity contribution is -0.113. The van der Waals surface area contributed by atoms with Gasteiger partial charge in [-0.05, 0) is 29.8 Å². The standard InChI is InChI=1S/C16H9Cl2NOS2/c17-11-7-12(18)9-13(8-11)19-15(20)14(22-16(19)21)6-10-4-2-1-3-5-10/h1-9H/b14-6-. The van der Waals surface area contributed by atoms with Crippen LogP contribution in [0.3, 0.4) is 0 Å². The largest absolute Gasteiger partial charge is 0.270 e. The van der Waals surface area contributed by atoms with Crippen molar-refractivity contribution in [2.45, 2.75) is 0 Å². The first kappa shape index (κ1) is 15.6. The highest BCUT2D eigenvalue weighted by molar-refractivity contribution is 8.27. The fraction of sp³-hybridized carbons (Fsp3) is 0. The summed E-state index contributed by atoms with van der Waals surface area (Å²) in [4.78, 5) is 14.6. The van der Waals surface area contributed by atoms with Gasteiger partial charge >= 0.3 is 0 Å². The molecule has 1 fully saturated rings. The highest BCUT2D eigenvalue weighted by Crippen LogP contribution is 2.37. The molecule has 1 aliphatic heterocycles. The first-order chi connectivity index (χ1) is 10.5. The highest BCUT2D eigenvalue weighted by Gasteiger charge is 2.33. The predicted molar refractivity (Wildman–Crippen MR) is 98.6 cm³/mol. The number of nitrogens with zero attached hydrogens (tertiary/aromatic N) is 1. The number of carbonyl (C=O) groups is 1. The van der Waals surface area contributed by atoms with Crippen molar-refractivity contribution in [3.8, 4) is 0 Å². The fourth-order valence-electron chi connectivity index (χ4n) is 2.06. The van der Waals surface area contributed by atoms with Crippen LogP contribution in [-0.4, -0.2) is 10.2 Å². The molecule has 0 aliphatic carbocycles. The molecule has 0 unspecified atom stereocenters. The van der Waals surface area contributed by atoms with Gasteiger partial charge in [-0.1, -0.05) is 77.5 Å². The van der Waals surface area contributed by atoms with Crippen molar-refractivity contribution in [3.05, 3.63) is 69.0 Å². The van der Waals surface area contributed by atoms with E-state index in [2.05, 4.69) is 0 Å². The van der Waals surface area contributed by atoms with Crippen LogP contribution in [0.1, 0.15) is 5.56 Å². The molecule has 1 heterocycles. The Morgan fingerprint density at radius 1 is 1.05 bits per heavy atom. The molecule has 1 saturated heterocycles. The van der Waals surface area contributed by atoms with E-state index in [-0.39, 0.29) is 5.91 Å². The van der Waals surface area contributed by atoms with Crippen molar-refractivity contribution < 1.29 is 4.79 Å². The normalized spacial score (nSPS) is 16.6. The van der Waals surface area contributed by atoms with Crippen molar-refractivity contribution in [2.24, 2.45) is 0 Å². The van der Waals surface area contributed by atoms with Gasteiger partial charge in [-0.25, -0.2) is 0 Å². The van der Waals surface area contributed by atoms with Crippen molar-refractivity contribution >= 4 is 69.2 Å². The SMILES string of the molecule is O=C1/C(=C/c2ccccc2)SC(=S)N1c1cc(Cl)cc(Cl)c1. The third kappa shape index (κ3) is 3.20. The van der Waals surface area contributed by atoms with Gasteiger partial charge in [0, 0.05) is 10.0 Å². The number of thiocarbonyl (C=S) groups is 1. The molecule has 6 heteroatoms. The van der Waals surface area contributed by atoms with E-state index in [1.807, 2.05) is 36.4 Å². The number of anilines is 1. The van der Waals surface area contributed by atoms with Crippen molar-refractivity contribution in [1.29, 1.82) is 0 Å². The molecule has 2 aromatic rings. The molecule has 0 N–H and O–H groups in total. The van der Waals surface area contributed by atoms with Gasteiger partial charge in [0.1, 0.15) is 0 Å². The molecule has 22 heavy (non-hydrogen) atoms. The maximum atomic E-state index is 12.6. The lowest BCUT2D eigenvalue weighted by Gasteiger charge is -2.15. The van der Waals surface area contributed by atoms with Crippen LogP contribution in [0.25, 0.3) is 6.08 Å². The number of rotatable bonds is 2. The maximum absolute atomic E-state index is 12.6. The van der Waals surface area contributed by atoms with E-state index in [1.54, 1.807) is 18.2 Å². The number of carbonyl (C=O) groups excluding carboxylic acids is 1. The minimum atomic E-state index is -0.169. The molecule has 1 amide bonds. The summed E-state index contributed by atoms with van der Waals surface area (Å²) in [5.41, 5.74) is 1.53. The topological polar surface area (TPSA) is 20.3 Å². The molecule has 0 spiro atoms. The van der Waals surface area contributed by atoms with Crippen LogP contribution < -0.4 is 4.90 Å². The summed E-state index contributed by atoms with van der Waals surface area (Å²) >= 11 is 18.6. The van der Waals surface area contributed by atoms with E-state index in [1.165, 1.54) is 16.7 Å². The summed E-state index contributed by atoms with van der Waals surface area (Å²) < 4.78 is 0.463. The molecule has 0 radical (unpaired) electrons. The van der Waals surface area contributed by atoms with Crippen LogP contribution in [0.4, 0.5) is 5.69 Å². The lowest BCUT2D eigenvalue weighted by Crippen LogP contribution is -2.27. The van der Waals surface area contributed by atoms with Gasteiger partial charge in [0.25, 0.3) is 5.91 Å². The summed E-state index contributed by atoms with van der Waals surface area (Å²) in [6.07, 6.45) is 1.82. The second kappa shape index (κ2) is 6.42. The van der Waals surface area contributed by atoms with E-state index >= 15 is 0 Å². The average Bonchev–Trinajstić information content (AvgIpc) is 2.73. The van der Waals surface area contributed by atoms with Gasteiger partial charge in [-0.15, -0.1) is 0 Å². The molecule has 0 saturated carbocycles. The maximum Gasteiger partial charge on any atom is 0.270 e. The average molecular weight is 366 g/mol. The molecule has 3 rings (SSSR count). The van der Waals surface area contributed by atoms with Crippen LogP contribution in [0.5, 0.6) is 0 Å². The van der Waals surface area contributed by atoms with Crippen LogP contribution in [0.2, 0.25) is 10.0 Å². The molecule has 1 aliphatic rings. The second-order valence-electron chi connectivity index (χ2n) is 4.56. The van der Waals surface area contributed by atoms with Crippen molar-refractivity contribution in [2.75, 3.05) is 4.90 Å². The van der Waals surface area contributed by atoms with Gasteiger partial charge in [0.2, 0.25) is 0 Å². The van der Waals surface area contributed by atoms with Gasteiger partial charge in [-0.2, -0.15) is 0 Å². The zero-order chi connectivity index (χ0) is 15.7. The lowest BCUT2D eigenvalue weighted by atomic mass is 10.2. The van der Waals surface area contributed by atoms with Gasteiger partial charge in [0.15, 0.2) is 4.32 Å². The number of amides is 1. The van der Waals surface area contributed by atoms with Gasteiger partial charge in [-0.3, -0.25) is 9.69 Å². The summed E-state index contributed by atoms with van der Waals surface area (Å²) in [6, 6.07) is 14.6. The minimum absolute atomic E-state index is 0.169. The molecule has 0 atom stereocenters. The fourth-order valence-corrected chi connectivity index (χ4v) is 3.87. The molecular formula is C16H9Cl2NOS2. The first-order valence-electron chi connectivity index (χ1n) is 6.34. The van der Waals surface area contributed by atoms with E-state index in [0.717, 1.165) is 5.56 Å².